The Balaban J connectivity index is 1.82. The Morgan fingerprint density at radius 1 is 0.921 bits per heavy atom. The van der Waals surface area contributed by atoms with Crippen LogP contribution >= 0.6 is 0 Å². The third kappa shape index (κ3) is 4.47. The Morgan fingerprint density at radius 3 is 2.29 bits per heavy atom. The number of rotatable bonds is 9. The summed E-state index contributed by atoms with van der Waals surface area (Å²) in [5.74, 6) is 0.586. The molecule has 10 heteroatoms. The first-order valence-electron chi connectivity index (χ1n) is 12.0. The third-order valence-corrected chi connectivity index (χ3v) is 5.97. The van der Waals surface area contributed by atoms with Crippen LogP contribution in [0.3, 0.4) is 0 Å². The zero-order valence-corrected chi connectivity index (χ0v) is 21.2. The number of amides is 1. The van der Waals surface area contributed by atoms with Crippen LogP contribution in [0.4, 0.5) is 0 Å². The summed E-state index contributed by atoms with van der Waals surface area (Å²) < 4.78 is 18.8. The molecule has 0 fully saturated rings. The number of ether oxygens (including phenoxy) is 3. The molecule has 192 valence electrons. The number of benzene rings is 2. The first-order chi connectivity index (χ1) is 18.5. The molecule has 0 radical (unpaired) electrons. The first-order valence-corrected chi connectivity index (χ1v) is 12.0. The Hall–Kier alpha value is -4.99. The van der Waals surface area contributed by atoms with Crippen molar-refractivity contribution in [2.24, 2.45) is 5.73 Å². The van der Waals surface area contributed by atoms with E-state index < -0.39 is 11.8 Å². The molecule has 0 aliphatic rings. The molecule has 2 N–H and O–H groups in total. The number of hydrogen-bond acceptors (Lipinski definition) is 8. The van der Waals surface area contributed by atoms with Gasteiger partial charge in [-0.25, -0.2) is 19.9 Å². The van der Waals surface area contributed by atoms with Gasteiger partial charge in [-0.05, 0) is 30.7 Å². The predicted molar refractivity (Wildman–Crippen MR) is 142 cm³/mol. The number of nitrogens with two attached hydrogens (primary N) is 1. The van der Waals surface area contributed by atoms with Gasteiger partial charge in [0.25, 0.3) is 0 Å². The van der Waals surface area contributed by atoms with Gasteiger partial charge in [0.2, 0.25) is 11.8 Å². The van der Waals surface area contributed by atoms with Gasteiger partial charge < -0.3 is 19.9 Å². The minimum atomic E-state index is -0.807. The van der Waals surface area contributed by atoms with Gasteiger partial charge in [0, 0.05) is 6.07 Å². The molecule has 38 heavy (non-hydrogen) atoms. The fraction of sp³-hybridized carbons (Fsp3) is 0.179. The van der Waals surface area contributed by atoms with Crippen molar-refractivity contribution < 1.29 is 19.0 Å². The van der Waals surface area contributed by atoms with E-state index in [1.54, 1.807) is 24.9 Å². The van der Waals surface area contributed by atoms with Crippen LogP contribution in [0.1, 0.15) is 24.1 Å². The topological polar surface area (TPSA) is 127 Å². The van der Waals surface area contributed by atoms with Crippen molar-refractivity contribution in [3.8, 4) is 34.6 Å². The largest absolute Gasteiger partial charge is 0.494 e. The molecule has 1 atom stereocenters. The van der Waals surface area contributed by atoms with Gasteiger partial charge in [0.1, 0.15) is 28.8 Å². The molecule has 2 aromatic carbocycles. The van der Waals surface area contributed by atoms with Gasteiger partial charge >= 0.3 is 0 Å². The number of imidazole rings is 1. The van der Waals surface area contributed by atoms with Crippen molar-refractivity contribution in [2.75, 3.05) is 20.8 Å². The van der Waals surface area contributed by atoms with Crippen molar-refractivity contribution in [3.63, 3.8) is 0 Å². The average molecular weight is 511 g/mol. The fourth-order valence-corrected chi connectivity index (χ4v) is 4.33. The van der Waals surface area contributed by atoms with E-state index in [0.717, 1.165) is 0 Å². The highest BCUT2D eigenvalue weighted by Crippen LogP contribution is 2.38. The van der Waals surface area contributed by atoms with E-state index in [4.69, 9.17) is 29.9 Å². The van der Waals surface area contributed by atoms with Crippen molar-refractivity contribution in [1.29, 1.82) is 0 Å². The van der Waals surface area contributed by atoms with Gasteiger partial charge in [-0.15, -0.1) is 0 Å². The summed E-state index contributed by atoms with van der Waals surface area (Å²) in [6.07, 6.45) is 1.52. The molecule has 0 aliphatic carbocycles. The molecule has 0 aliphatic heterocycles. The van der Waals surface area contributed by atoms with Crippen molar-refractivity contribution in [2.45, 2.75) is 12.8 Å². The fourth-order valence-electron chi connectivity index (χ4n) is 4.33. The molecule has 0 bridgehead atoms. The predicted octanol–water partition coefficient (Wildman–Crippen LogP) is 3.91. The molecule has 0 spiro atoms. The zero-order valence-electron chi connectivity index (χ0n) is 21.2. The summed E-state index contributed by atoms with van der Waals surface area (Å²) in [5, 5.41) is 0. The van der Waals surface area contributed by atoms with E-state index >= 15 is 0 Å². The Kier molecular flexibility index (Phi) is 6.86. The highest BCUT2D eigenvalue weighted by atomic mass is 16.5. The Morgan fingerprint density at radius 2 is 1.63 bits per heavy atom. The quantitative estimate of drug-likeness (QED) is 0.316. The number of hydrogen-bond donors (Lipinski definition) is 1. The molecule has 0 saturated carbocycles. The van der Waals surface area contributed by atoms with E-state index in [1.807, 2.05) is 67.6 Å². The number of pyridine rings is 1. The van der Waals surface area contributed by atoms with E-state index in [9.17, 15) is 4.79 Å². The number of aromatic nitrogens is 5. The second-order valence-electron chi connectivity index (χ2n) is 8.26. The molecular formula is C28H26N6O4. The lowest BCUT2D eigenvalue weighted by Crippen LogP contribution is -2.23. The Bertz CT molecular complexity index is 1580. The summed E-state index contributed by atoms with van der Waals surface area (Å²) >= 11 is 0. The lowest BCUT2D eigenvalue weighted by Gasteiger charge is -2.17. The second kappa shape index (κ2) is 10.6. The molecule has 1 amide bonds. The SMILES string of the molecule is CCOc1cccc(-c2nc3ncc(C(C(N)=O)c4ccccc4)nc3n2-c2c(OC)cccc2OC)n1. The standard InChI is InChI=1S/C28H26N6O4/c1-4-38-22-15-8-12-18(31-22)27-33-26-28(34(27)24-20(36-2)13-9-14-21(24)37-3)32-19(16-30-26)23(25(29)35)17-10-6-5-7-11-17/h5-16,23H,4H2,1-3H3,(H2,29,35). The lowest BCUT2D eigenvalue weighted by molar-refractivity contribution is -0.118. The molecule has 5 aromatic rings. The smallest absolute Gasteiger partial charge is 0.231 e. The lowest BCUT2D eigenvalue weighted by atomic mass is 9.95. The van der Waals surface area contributed by atoms with Gasteiger partial charge in [0.15, 0.2) is 17.1 Å². The summed E-state index contributed by atoms with van der Waals surface area (Å²) in [6, 6.07) is 20.1. The average Bonchev–Trinajstić information content (AvgIpc) is 3.32. The molecule has 0 saturated heterocycles. The number of nitrogens with zero attached hydrogens (tertiary/aromatic N) is 5. The molecule has 5 rings (SSSR count). The first kappa shape index (κ1) is 24.7. The number of carbonyl (C=O) groups excluding carboxylic acids is 1. The summed E-state index contributed by atoms with van der Waals surface area (Å²) in [5.41, 5.74) is 8.73. The molecular weight excluding hydrogens is 484 g/mol. The highest BCUT2D eigenvalue weighted by Gasteiger charge is 2.27. The van der Waals surface area contributed by atoms with Crippen LogP contribution in [0.2, 0.25) is 0 Å². The van der Waals surface area contributed by atoms with Crippen LogP contribution in [-0.2, 0) is 4.79 Å². The summed E-state index contributed by atoms with van der Waals surface area (Å²) in [4.78, 5) is 31.4. The Labute approximate surface area is 219 Å². The highest BCUT2D eigenvalue weighted by molar-refractivity contribution is 5.86. The van der Waals surface area contributed by atoms with Crippen LogP contribution in [0, 0.1) is 0 Å². The number of carbonyl (C=O) groups is 1. The third-order valence-electron chi connectivity index (χ3n) is 5.97. The van der Waals surface area contributed by atoms with E-state index in [2.05, 4.69) is 9.97 Å². The number of fused-ring (bicyclic) bond motifs is 1. The number of primary amides is 1. The van der Waals surface area contributed by atoms with Crippen LogP contribution in [0.25, 0.3) is 28.5 Å². The van der Waals surface area contributed by atoms with Crippen molar-refractivity contribution in [3.05, 3.63) is 84.2 Å². The molecule has 1 unspecified atom stereocenters. The second-order valence-corrected chi connectivity index (χ2v) is 8.26. The van der Waals surface area contributed by atoms with Crippen LogP contribution in [0.5, 0.6) is 17.4 Å². The molecule has 10 nitrogen and oxygen atoms in total. The van der Waals surface area contributed by atoms with E-state index in [1.165, 1.54) is 6.20 Å². The van der Waals surface area contributed by atoms with E-state index in [-0.39, 0.29) is 0 Å². The van der Waals surface area contributed by atoms with Gasteiger partial charge in [0.05, 0.1) is 32.7 Å². The maximum atomic E-state index is 12.6. The minimum absolute atomic E-state index is 0.344. The monoisotopic (exact) mass is 510 g/mol. The van der Waals surface area contributed by atoms with Gasteiger partial charge in [-0.2, -0.15) is 0 Å². The minimum Gasteiger partial charge on any atom is -0.494 e. The zero-order chi connectivity index (χ0) is 26.6. The van der Waals surface area contributed by atoms with E-state index in [0.29, 0.717) is 63.7 Å². The van der Waals surface area contributed by atoms with Crippen molar-refractivity contribution >= 4 is 17.2 Å². The van der Waals surface area contributed by atoms with Crippen LogP contribution < -0.4 is 19.9 Å². The number of para-hydroxylation sites is 1. The van der Waals surface area contributed by atoms with Crippen LogP contribution in [0.15, 0.2) is 72.9 Å². The number of methoxy groups -OCH3 is 2. The molecule has 3 heterocycles. The van der Waals surface area contributed by atoms with Crippen molar-refractivity contribution in [1.82, 2.24) is 24.5 Å². The normalized spacial score (nSPS) is 11.8. The molecule has 3 aromatic heterocycles. The van der Waals surface area contributed by atoms with Gasteiger partial charge in [-0.3, -0.25) is 9.36 Å². The maximum Gasteiger partial charge on any atom is 0.231 e. The van der Waals surface area contributed by atoms with Crippen LogP contribution in [-0.4, -0.2) is 51.2 Å². The summed E-state index contributed by atoms with van der Waals surface area (Å²) in [6.45, 7) is 2.36. The maximum absolute atomic E-state index is 12.6. The summed E-state index contributed by atoms with van der Waals surface area (Å²) in [7, 11) is 3.14. The van der Waals surface area contributed by atoms with Gasteiger partial charge in [-0.1, -0.05) is 42.5 Å².